The van der Waals surface area contributed by atoms with Crippen LogP contribution in [0.4, 0.5) is 0 Å². The summed E-state index contributed by atoms with van der Waals surface area (Å²) in [6.07, 6.45) is 5.58. The molecule has 0 radical (unpaired) electrons. The molecule has 0 heterocycles. The van der Waals surface area contributed by atoms with E-state index in [2.05, 4.69) is 31.1 Å². The third kappa shape index (κ3) is 5.68. The van der Waals surface area contributed by atoms with Crippen molar-refractivity contribution in [2.24, 2.45) is 11.3 Å². The first kappa shape index (κ1) is 15.9. The zero-order chi connectivity index (χ0) is 13.4. The third-order valence-electron chi connectivity index (χ3n) is 4.00. The number of rotatable bonds is 9. The highest BCUT2D eigenvalue weighted by atomic mass is 16.5. The summed E-state index contributed by atoms with van der Waals surface area (Å²) in [4.78, 5) is 2.44. The van der Waals surface area contributed by atoms with Gasteiger partial charge >= 0.3 is 0 Å². The van der Waals surface area contributed by atoms with Gasteiger partial charge in [-0.05, 0) is 37.8 Å². The quantitative estimate of drug-likeness (QED) is 0.685. The topological polar surface area (TPSA) is 24.5 Å². The third-order valence-corrected chi connectivity index (χ3v) is 4.00. The molecule has 1 fully saturated rings. The van der Waals surface area contributed by atoms with Crippen molar-refractivity contribution in [2.45, 2.75) is 39.5 Å². The van der Waals surface area contributed by atoms with Crippen LogP contribution >= 0.6 is 0 Å². The smallest absolute Gasteiger partial charge is 0.0589 e. The zero-order valence-corrected chi connectivity index (χ0v) is 12.8. The summed E-state index contributed by atoms with van der Waals surface area (Å²) in [6.45, 7) is 9.97. The van der Waals surface area contributed by atoms with Gasteiger partial charge < -0.3 is 15.0 Å². The van der Waals surface area contributed by atoms with Crippen LogP contribution in [0, 0.1) is 11.3 Å². The van der Waals surface area contributed by atoms with Crippen LogP contribution in [0.25, 0.3) is 0 Å². The van der Waals surface area contributed by atoms with E-state index in [1.54, 1.807) is 7.11 Å². The molecule has 1 N–H and O–H groups in total. The monoisotopic (exact) mass is 256 g/mol. The van der Waals surface area contributed by atoms with E-state index < -0.39 is 0 Å². The standard InChI is InChI=1S/C15H32N2O/c1-14(2)11-16-12-15(7-5-6-8-15)13-17(3)9-10-18-4/h14,16H,5-13H2,1-4H3. The molecule has 3 nitrogen and oxygen atoms in total. The van der Waals surface area contributed by atoms with E-state index in [9.17, 15) is 0 Å². The van der Waals surface area contributed by atoms with E-state index in [4.69, 9.17) is 4.74 Å². The van der Waals surface area contributed by atoms with Crippen LogP contribution in [0.5, 0.6) is 0 Å². The first-order valence-electron chi connectivity index (χ1n) is 7.46. The highest BCUT2D eigenvalue weighted by Crippen LogP contribution is 2.38. The molecule has 3 heteroatoms. The van der Waals surface area contributed by atoms with Crippen molar-refractivity contribution in [3.05, 3.63) is 0 Å². The molecule has 0 bridgehead atoms. The van der Waals surface area contributed by atoms with Crippen LogP contribution in [0.1, 0.15) is 39.5 Å². The minimum absolute atomic E-state index is 0.511. The highest BCUT2D eigenvalue weighted by molar-refractivity contribution is 4.89. The van der Waals surface area contributed by atoms with Gasteiger partial charge in [0, 0.05) is 26.7 Å². The van der Waals surface area contributed by atoms with E-state index in [1.807, 2.05) is 0 Å². The molecular formula is C15H32N2O. The number of methoxy groups -OCH3 is 1. The fourth-order valence-corrected chi connectivity index (χ4v) is 3.04. The molecule has 0 saturated heterocycles. The van der Waals surface area contributed by atoms with Crippen molar-refractivity contribution in [1.82, 2.24) is 10.2 Å². The Kier molecular flexibility index (Phi) is 7.20. The Labute approximate surface area is 113 Å². The minimum Gasteiger partial charge on any atom is -0.383 e. The van der Waals surface area contributed by atoms with E-state index in [0.717, 1.165) is 25.6 Å². The van der Waals surface area contributed by atoms with Gasteiger partial charge in [0.2, 0.25) is 0 Å². The predicted molar refractivity (Wildman–Crippen MR) is 78.0 cm³/mol. The number of ether oxygens (including phenoxy) is 1. The van der Waals surface area contributed by atoms with Crippen molar-refractivity contribution in [2.75, 3.05) is 46.9 Å². The average molecular weight is 256 g/mol. The summed E-state index contributed by atoms with van der Waals surface area (Å²) in [5.41, 5.74) is 0.511. The second-order valence-corrected chi connectivity index (χ2v) is 6.46. The zero-order valence-electron chi connectivity index (χ0n) is 12.8. The fourth-order valence-electron chi connectivity index (χ4n) is 3.04. The van der Waals surface area contributed by atoms with Gasteiger partial charge in [0.25, 0.3) is 0 Å². The highest BCUT2D eigenvalue weighted by Gasteiger charge is 2.34. The van der Waals surface area contributed by atoms with Crippen LogP contribution < -0.4 is 5.32 Å². The van der Waals surface area contributed by atoms with Gasteiger partial charge in [-0.2, -0.15) is 0 Å². The molecule has 0 unspecified atom stereocenters. The molecule has 18 heavy (non-hydrogen) atoms. The van der Waals surface area contributed by atoms with Crippen molar-refractivity contribution in [3.63, 3.8) is 0 Å². The summed E-state index contributed by atoms with van der Waals surface area (Å²) in [5, 5.41) is 3.67. The van der Waals surface area contributed by atoms with Gasteiger partial charge in [0.1, 0.15) is 0 Å². The van der Waals surface area contributed by atoms with E-state index in [1.165, 1.54) is 38.8 Å². The Morgan fingerprint density at radius 1 is 1.28 bits per heavy atom. The summed E-state index contributed by atoms with van der Waals surface area (Å²) in [7, 11) is 4.00. The summed E-state index contributed by atoms with van der Waals surface area (Å²) >= 11 is 0. The van der Waals surface area contributed by atoms with Gasteiger partial charge in [-0.25, -0.2) is 0 Å². The molecule has 0 spiro atoms. The number of nitrogens with zero attached hydrogens (tertiary/aromatic N) is 1. The SMILES string of the molecule is COCCN(C)CC1(CNCC(C)C)CCCC1. The maximum absolute atomic E-state index is 5.17. The lowest BCUT2D eigenvalue weighted by Gasteiger charge is -2.34. The number of hydrogen-bond donors (Lipinski definition) is 1. The van der Waals surface area contributed by atoms with Crippen molar-refractivity contribution in [1.29, 1.82) is 0 Å². The summed E-state index contributed by atoms with van der Waals surface area (Å²) < 4.78 is 5.17. The molecule has 0 aromatic heterocycles. The minimum atomic E-state index is 0.511. The lowest BCUT2D eigenvalue weighted by Crippen LogP contribution is -2.42. The maximum Gasteiger partial charge on any atom is 0.0589 e. The fraction of sp³-hybridized carbons (Fsp3) is 1.00. The number of hydrogen-bond acceptors (Lipinski definition) is 3. The van der Waals surface area contributed by atoms with Crippen molar-refractivity contribution >= 4 is 0 Å². The molecule has 1 aliphatic rings. The second kappa shape index (κ2) is 8.13. The first-order chi connectivity index (χ1) is 8.58. The number of likely N-dealkylation sites (N-methyl/N-ethyl adjacent to an activating group) is 1. The molecule has 0 aromatic carbocycles. The maximum atomic E-state index is 5.17. The molecule has 108 valence electrons. The molecule has 0 amide bonds. The lowest BCUT2D eigenvalue weighted by molar-refractivity contribution is 0.123. The van der Waals surface area contributed by atoms with Crippen LogP contribution in [-0.2, 0) is 4.74 Å². The van der Waals surface area contributed by atoms with Crippen LogP contribution in [-0.4, -0.2) is 51.8 Å². The second-order valence-electron chi connectivity index (χ2n) is 6.46. The Balaban J connectivity index is 2.37. The molecule has 0 aromatic rings. The first-order valence-corrected chi connectivity index (χ1v) is 7.46. The Morgan fingerprint density at radius 3 is 2.50 bits per heavy atom. The Morgan fingerprint density at radius 2 is 1.94 bits per heavy atom. The predicted octanol–water partition coefficient (Wildman–Crippen LogP) is 2.37. The Bertz CT molecular complexity index is 213. The lowest BCUT2D eigenvalue weighted by atomic mass is 9.85. The van der Waals surface area contributed by atoms with Crippen molar-refractivity contribution in [3.8, 4) is 0 Å². The largest absolute Gasteiger partial charge is 0.383 e. The van der Waals surface area contributed by atoms with Gasteiger partial charge in [-0.15, -0.1) is 0 Å². The summed E-state index contributed by atoms with van der Waals surface area (Å²) in [5.74, 6) is 0.745. The van der Waals surface area contributed by atoms with Gasteiger partial charge in [0.15, 0.2) is 0 Å². The molecule has 1 saturated carbocycles. The molecular weight excluding hydrogens is 224 g/mol. The van der Waals surface area contributed by atoms with Crippen molar-refractivity contribution < 1.29 is 4.74 Å². The van der Waals surface area contributed by atoms with Crippen LogP contribution in [0.3, 0.4) is 0 Å². The van der Waals surface area contributed by atoms with Crippen LogP contribution in [0.2, 0.25) is 0 Å². The molecule has 0 aliphatic heterocycles. The molecule has 1 aliphatic carbocycles. The molecule has 0 atom stereocenters. The average Bonchev–Trinajstić information content (AvgIpc) is 2.74. The van der Waals surface area contributed by atoms with Crippen LogP contribution in [0.15, 0.2) is 0 Å². The van der Waals surface area contributed by atoms with E-state index in [-0.39, 0.29) is 0 Å². The van der Waals surface area contributed by atoms with E-state index >= 15 is 0 Å². The van der Waals surface area contributed by atoms with Gasteiger partial charge in [-0.3, -0.25) is 0 Å². The van der Waals surface area contributed by atoms with E-state index in [0.29, 0.717) is 5.41 Å². The van der Waals surface area contributed by atoms with Gasteiger partial charge in [-0.1, -0.05) is 26.7 Å². The number of nitrogens with one attached hydrogen (secondary N) is 1. The normalized spacial score (nSPS) is 19.0. The Hall–Kier alpha value is -0.120. The van der Waals surface area contributed by atoms with Gasteiger partial charge in [0.05, 0.1) is 6.61 Å². The summed E-state index contributed by atoms with van der Waals surface area (Å²) in [6, 6.07) is 0. The molecule has 1 rings (SSSR count).